The number of fused-ring (bicyclic) bond motifs is 3. The lowest BCUT2D eigenvalue weighted by molar-refractivity contribution is -0.0164. The number of nitrogens with one attached hydrogen (secondary N) is 1. The van der Waals surface area contributed by atoms with Crippen LogP contribution in [0.15, 0.2) is 61.2 Å². The van der Waals surface area contributed by atoms with Crippen LogP contribution >= 0.6 is 0 Å². The summed E-state index contributed by atoms with van der Waals surface area (Å²) >= 11 is 0. The van der Waals surface area contributed by atoms with E-state index in [0.29, 0.717) is 12.0 Å². The van der Waals surface area contributed by atoms with Crippen LogP contribution in [0.2, 0.25) is 0 Å². The van der Waals surface area contributed by atoms with Gasteiger partial charge in [-0.2, -0.15) is 0 Å². The number of rotatable bonds is 5. The van der Waals surface area contributed by atoms with Gasteiger partial charge in [-0.3, -0.25) is 0 Å². The summed E-state index contributed by atoms with van der Waals surface area (Å²) in [7, 11) is 0. The highest BCUT2D eigenvalue weighted by Crippen LogP contribution is 2.30. The van der Waals surface area contributed by atoms with Crippen molar-refractivity contribution in [3.05, 3.63) is 66.7 Å². The number of aromatic nitrogens is 1. The van der Waals surface area contributed by atoms with Crippen LogP contribution in [0, 0.1) is 5.92 Å². The van der Waals surface area contributed by atoms with Crippen molar-refractivity contribution in [1.29, 1.82) is 0 Å². The molecule has 3 atom stereocenters. The van der Waals surface area contributed by atoms with Crippen LogP contribution in [0.4, 0.5) is 0 Å². The monoisotopic (exact) mass is 349 g/mol. The van der Waals surface area contributed by atoms with Crippen LogP contribution in [-0.2, 0) is 4.74 Å². The lowest BCUT2D eigenvalue weighted by Crippen LogP contribution is -2.47. The van der Waals surface area contributed by atoms with Crippen molar-refractivity contribution in [3.8, 4) is 0 Å². The largest absolute Gasteiger partial charge is 0.491 e. The van der Waals surface area contributed by atoms with Crippen molar-refractivity contribution in [2.45, 2.75) is 25.4 Å². The number of benzene rings is 1. The molecule has 2 aliphatic heterocycles. The Morgan fingerprint density at radius 2 is 2.15 bits per heavy atom. The Labute approximate surface area is 155 Å². The quantitative estimate of drug-likeness (QED) is 0.633. The summed E-state index contributed by atoms with van der Waals surface area (Å²) < 4.78 is 6.18. The Hall–Kier alpha value is -2.46. The zero-order valence-corrected chi connectivity index (χ0v) is 15.2. The third-order valence-corrected chi connectivity index (χ3v) is 5.62. The highest BCUT2D eigenvalue weighted by molar-refractivity contribution is 5.85. The molecular weight excluding hydrogens is 322 g/mol. The zero-order chi connectivity index (χ0) is 17.9. The molecule has 136 valence electrons. The van der Waals surface area contributed by atoms with E-state index in [9.17, 15) is 0 Å². The summed E-state index contributed by atoms with van der Waals surface area (Å²) in [5, 5.41) is 1.18. The molecule has 1 aromatic carbocycles. The van der Waals surface area contributed by atoms with E-state index in [1.54, 1.807) is 6.20 Å². The molecule has 4 rings (SSSR count). The predicted molar refractivity (Wildman–Crippen MR) is 107 cm³/mol. The van der Waals surface area contributed by atoms with Gasteiger partial charge in [0.05, 0.1) is 0 Å². The number of nitrogens with two attached hydrogens (primary N) is 1. The number of piperidine rings is 2. The fourth-order valence-corrected chi connectivity index (χ4v) is 4.20. The van der Waals surface area contributed by atoms with E-state index < -0.39 is 0 Å². The van der Waals surface area contributed by atoms with Crippen LogP contribution in [0.3, 0.4) is 0 Å². The van der Waals surface area contributed by atoms with Gasteiger partial charge in [0.25, 0.3) is 0 Å². The summed E-state index contributed by atoms with van der Waals surface area (Å²) in [5.41, 5.74) is 9.04. The Morgan fingerprint density at radius 3 is 3.04 bits per heavy atom. The first-order chi connectivity index (χ1) is 12.7. The maximum atomic E-state index is 6.18. The summed E-state index contributed by atoms with van der Waals surface area (Å²) in [6, 6.07) is 8.35. The van der Waals surface area contributed by atoms with Crippen LogP contribution in [0.1, 0.15) is 24.8 Å². The zero-order valence-electron chi connectivity index (χ0n) is 15.2. The fraction of sp³-hybridized carbons (Fsp3) is 0.364. The molecule has 1 aromatic heterocycles. The summed E-state index contributed by atoms with van der Waals surface area (Å²) in [5.74, 6) is 1.36. The minimum Gasteiger partial charge on any atom is -0.491 e. The second-order valence-electron chi connectivity index (χ2n) is 7.35. The smallest absolute Gasteiger partial charge is 0.112 e. The van der Waals surface area contributed by atoms with Crippen molar-refractivity contribution in [2.24, 2.45) is 11.7 Å². The van der Waals surface area contributed by atoms with Crippen molar-refractivity contribution in [2.75, 3.05) is 19.6 Å². The number of ether oxygens (including phenoxy) is 1. The molecule has 3 N–H and O–H groups in total. The molecule has 26 heavy (non-hydrogen) atoms. The van der Waals surface area contributed by atoms with Gasteiger partial charge in [0.1, 0.15) is 11.9 Å². The van der Waals surface area contributed by atoms with Crippen LogP contribution < -0.4 is 5.73 Å². The molecule has 1 unspecified atom stereocenters. The van der Waals surface area contributed by atoms with E-state index in [0.717, 1.165) is 35.4 Å². The SMILES string of the molecule is C=C(/C=C\C(=C/N)c1ccc2[nH]ccc2c1)O[C@H]1CCN2CCC[C@@H]1C2. The molecule has 2 aromatic rings. The summed E-state index contributed by atoms with van der Waals surface area (Å²) in [4.78, 5) is 5.77. The van der Waals surface area contributed by atoms with Gasteiger partial charge in [-0.25, -0.2) is 0 Å². The summed E-state index contributed by atoms with van der Waals surface area (Å²) in [6.07, 6.45) is 11.5. The normalized spacial score (nSPS) is 26.3. The molecule has 0 amide bonds. The second kappa shape index (κ2) is 7.42. The number of hydrogen-bond donors (Lipinski definition) is 2. The van der Waals surface area contributed by atoms with E-state index >= 15 is 0 Å². The van der Waals surface area contributed by atoms with Crippen molar-refractivity contribution >= 4 is 16.5 Å². The molecule has 0 radical (unpaired) electrons. The van der Waals surface area contributed by atoms with Crippen molar-refractivity contribution < 1.29 is 4.74 Å². The van der Waals surface area contributed by atoms with E-state index in [4.69, 9.17) is 10.5 Å². The molecule has 0 saturated carbocycles. The molecule has 2 bridgehead atoms. The molecule has 2 saturated heterocycles. The number of allylic oxidation sites excluding steroid dienone is 3. The molecule has 4 heteroatoms. The molecule has 2 aliphatic rings. The number of nitrogens with zero attached hydrogens (tertiary/aromatic N) is 1. The third kappa shape index (κ3) is 3.56. The van der Waals surface area contributed by atoms with Crippen molar-refractivity contribution in [1.82, 2.24) is 9.88 Å². The highest BCUT2D eigenvalue weighted by atomic mass is 16.5. The molecular formula is C22H27N3O. The minimum absolute atomic E-state index is 0.296. The third-order valence-electron chi connectivity index (χ3n) is 5.62. The number of hydrogen-bond acceptors (Lipinski definition) is 3. The predicted octanol–water partition coefficient (Wildman–Crippen LogP) is 4.04. The van der Waals surface area contributed by atoms with E-state index in [2.05, 4.69) is 40.7 Å². The Kier molecular flexibility index (Phi) is 4.85. The Balaban J connectivity index is 1.41. The van der Waals surface area contributed by atoms with Gasteiger partial charge in [-0.05, 0) is 72.7 Å². The maximum absolute atomic E-state index is 6.18. The van der Waals surface area contributed by atoms with Gasteiger partial charge in [-0.1, -0.05) is 12.6 Å². The Bertz CT molecular complexity index is 848. The van der Waals surface area contributed by atoms with E-state index in [1.165, 1.54) is 31.3 Å². The van der Waals surface area contributed by atoms with Gasteiger partial charge in [0.2, 0.25) is 0 Å². The van der Waals surface area contributed by atoms with E-state index in [1.807, 2.05) is 18.3 Å². The lowest BCUT2D eigenvalue weighted by atomic mass is 9.87. The molecule has 0 aliphatic carbocycles. The second-order valence-corrected chi connectivity index (χ2v) is 7.35. The van der Waals surface area contributed by atoms with Gasteiger partial charge >= 0.3 is 0 Å². The molecule has 3 heterocycles. The minimum atomic E-state index is 0.296. The van der Waals surface area contributed by atoms with Crippen LogP contribution in [0.25, 0.3) is 16.5 Å². The molecule has 4 nitrogen and oxygen atoms in total. The Morgan fingerprint density at radius 1 is 1.23 bits per heavy atom. The number of aromatic amines is 1. The summed E-state index contributed by atoms with van der Waals surface area (Å²) in [6.45, 7) is 7.67. The van der Waals surface area contributed by atoms with Crippen LogP contribution in [0.5, 0.6) is 0 Å². The standard InChI is InChI=1S/C22H27N3O/c1-16(26-22-9-12-25-11-2-3-20(22)15-25)4-5-19(14-23)17-6-7-21-18(13-17)8-10-24-21/h4-8,10,13-14,20,22,24H,1-3,9,11-12,15,23H2/b5-4-,19-14+/t20-,22+/m1/s1. The average molecular weight is 349 g/mol. The van der Waals surface area contributed by atoms with Gasteiger partial charge in [0.15, 0.2) is 0 Å². The topological polar surface area (TPSA) is 54.3 Å². The average Bonchev–Trinajstić information content (AvgIpc) is 3.13. The van der Waals surface area contributed by atoms with Gasteiger partial charge in [-0.15, -0.1) is 0 Å². The first-order valence-electron chi connectivity index (χ1n) is 9.48. The van der Waals surface area contributed by atoms with E-state index in [-0.39, 0.29) is 0 Å². The fourth-order valence-electron chi connectivity index (χ4n) is 4.20. The number of H-pyrrole nitrogens is 1. The van der Waals surface area contributed by atoms with Crippen molar-refractivity contribution in [3.63, 3.8) is 0 Å². The molecule has 0 spiro atoms. The van der Waals surface area contributed by atoms with Gasteiger partial charge in [0, 0.05) is 36.9 Å². The van der Waals surface area contributed by atoms with Gasteiger partial charge < -0.3 is 20.4 Å². The first-order valence-corrected chi connectivity index (χ1v) is 9.48. The molecule has 2 fully saturated rings. The lowest BCUT2D eigenvalue weighted by Gasteiger charge is -2.42. The maximum Gasteiger partial charge on any atom is 0.112 e. The highest BCUT2D eigenvalue weighted by Gasteiger charge is 2.33. The first kappa shape index (κ1) is 17.0. The van der Waals surface area contributed by atoms with Crippen LogP contribution in [-0.4, -0.2) is 35.6 Å².